The lowest BCUT2D eigenvalue weighted by Gasteiger charge is -2.24. The predicted octanol–water partition coefficient (Wildman–Crippen LogP) is 4.41. The van der Waals surface area contributed by atoms with Gasteiger partial charge in [0.25, 0.3) is 0 Å². The van der Waals surface area contributed by atoms with Crippen LogP contribution in [0.15, 0.2) is 42.5 Å². The molecule has 3 atom stereocenters. The molecule has 0 fully saturated rings. The van der Waals surface area contributed by atoms with Crippen molar-refractivity contribution in [2.45, 2.75) is 38.0 Å². The lowest BCUT2D eigenvalue weighted by Crippen LogP contribution is -2.34. The Labute approximate surface area is 184 Å². The van der Waals surface area contributed by atoms with Gasteiger partial charge in [0.15, 0.2) is 0 Å². The Morgan fingerprint density at radius 1 is 1.10 bits per heavy atom. The zero-order valence-electron chi connectivity index (χ0n) is 17.3. The molecule has 2 aliphatic rings. The van der Waals surface area contributed by atoms with Crippen molar-refractivity contribution in [3.05, 3.63) is 64.1 Å². The maximum absolute atomic E-state index is 13.0. The number of ether oxygens (including phenoxy) is 1. The van der Waals surface area contributed by atoms with Crippen molar-refractivity contribution in [3.8, 4) is 0 Å². The summed E-state index contributed by atoms with van der Waals surface area (Å²) in [5.41, 5.74) is 2.63. The summed E-state index contributed by atoms with van der Waals surface area (Å²) in [7, 11) is 1.33. The Kier molecular flexibility index (Phi) is 6.23. The Morgan fingerprint density at radius 3 is 2.48 bits per heavy atom. The Morgan fingerprint density at radius 2 is 1.81 bits per heavy atom. The molecule has 2 N–H and O–H groups in total. The SMILES string of the molecule is COC(=O)c1c(NC(=O)C2CC=CCC2C(=O)O)sc2c1CCC(c1ccccc1)C2. The van der Waals surface area contributed by atoms with Gasteiger partial charge in [0.2, 0.25) is 5.91 Å². The third-order valence-corrected chi connectivity index (χ3v) is 7.42. The van der Waals surface area contributed by atoms with E-state index in [4.69, 9.17) is 4.74 Å². The smallest absolute Gasteiger partial charge is 0.341 e. The molecule has 0 bridgehead atoms. The van der Waals surface area contributed by atoms with E-state index in [1.807, 2.05) is 24.3 Å². The number of thiophene rings is 1. The van der Waals surface area contributed by atoms with Crippen molar-refractivity contribution in [1.82, 2.24) is 0 Å². The third kappa shape index (κ3) is 4.28. The zero-order chi connectivity index (χ0) is 22.0. The maximum Gasteiger partial charge on any atom is 0.341 e. The van der Waals surface area contributed by atoms with Gasteiger partial charge in [-0.25, -0.2) is 4.79 Å². The lowest BCUT2D eigenvalue weighted by atomic mass is 9.82. The number of fused-ring (bicyclic) bond motifs is 1. The van der Waals surface area contributed by atoms with Gasteiger partial charge < -0.3 is 15.2 Å². The molecule has 31 heavy (non-hydrogen) atoms. The van der Waals surface area contributed by atoms with Crippen LogP contribution < -0.4 is 5.32 Å². The fraction of sp³-hybridized carbons (Fsp3) is 0.375. The van der Waals surface area contributed by atoms with Crippen LogP contribution in [-0.2, 0) is 27.2 Å². The Hall–Kier alpha value is -2.93. The number of carbonyl (C=O) groups is 3. The first-order chi connectivity index (χ1) is 15.0. The summed E-state index contributed by atoms with van der Waals surface area (Å²) in [4.78, 5) is 38.2. The van der Waals surface area contributed by atoms with Gasteiger partial charge in [-0.05, 0) is 49.1 Å². The van der Waals surface area contributed by atoms with E-state index in [1.54, 1.807) is 6.08 Å². The molecular weight excluding hydrogens is 414 g/mol. The number of rotatable bonds is 5. The molecule has 3 unspecified atom stereocenters. The molecule has 1 amide bonds. The number of amides is 1. The van der Waals surface area contributed by atoms with Crippen molar-refractivity contribution >= 4 is 34.2 Å². The number of benzene rings is 1. The van der Waals surface area contributed by atoms with Crippen molar-refractivity contribution in [2.24, 2.45) is 11.8 Å². The molecule has 162 valence electrons. The monoisotopic (exact) mass is 439 g/mol. The van der Waals surface area contributed by atoms with Crippen LogP contribution in [0.25, 0.3) is 0 Å². The number of methoxy groups -OCH3 is 1. The fourth-order valence-corrected chi connectivity index (χ4v) is 5.90. The number of aliphatic carboxylic acids is 1. The molecule has 2 aliphatic carbocycles. The summed E-state index contributed by atoms with van der Waals surface area (Å²) in [5.74, 6) is -2.87. The van der Waals surface area contributed by atoms with E-state index in [-0.39, 0.29) is 5.91 Å². The highest BCUT2D eigenvalue weighted by Gasteiger charge is 2.36. The molecule has 6 nitrogen and oxygen atoms in total. The highest BCUT2D eigenvalue weighted by molar-refractivity contribution is 7.17. The van der Waals surface area contributed by atoms with Gasteiger partial charge in [-0.15, -0.1) is 11.3 Å². The quantitative estimate of drug-likeness (QED) is 0.532. The maximum atomic E-state index is 13.0. The first-order valence-corrected chi connectivity index (χ1v) is 11.3. The summed E-state index contributed by atoms with van der Waals surface area (Å²) in [6.45, 7) is 0. The minimum Gasteiger partial charge on any atom is -0.481 e. The van der Waals surface area contributed by atoms with Crippen LogP contribution >= 0.6 is 11.3 Å². The molecule has 1 heterocycles. The van der Waals surface area contributed by atoms with Crippen LogP contribution in [0.2, 0.25) is 0 Å². The van der Waals surface area contributed by atoms with Gasteiger partial charge in [-0.2, -0.15) is 0 Å². The van der Waals surface area contributed by atoms with Crippen LogP contribution in [0, 0.1) is 11.8 Å². The number of carbonyl (C=O) groups excluding carboxylic acids is 2. The third-order valence-electron chi connectivity index (χ3n) is 6.25. The van der Waals surface area contributed by atoms with E-state index < -0.39 is 23.8 Å². The summed E-state index contributed by atoms with van der Waals surface area (Å²) in [6, 6.07) is 10.3. The Bertz CT molecular complexity index is 1030. The van der Waals surface area contributed by atoms with Gasteiger partial charge in [-0.1, -0.05) is 42.5 Å². The van der Waals surface area contributed by atoms with E-state index in [9.17, 15) is 19.5 Å². The van der Waals surface area contributed by atoms with Crippen LogP contribution in [0.4, 0.5) is 5.00 Å². The molecular formula is C24H25NO5S. The highest BCUT2D eigenvalue weighted by atomic mass is 32.1. The molecule has 0 saturated heterocycles. The van der Waals surface area contributed by atoms with Gasteiger partial charge in [-0.3, -0.25) is 9.59 Å². The standard InChI is InChI=1S/C24H25NO5S/c1-30-24(29)20-18-12-11-15(14-7-3-2-4-8-14)13-19(18)31-22(20)25-21(26)16-9-5-6-10-17(16)23(27)28/h2-8,15-17H,9-13H2,1H3,(H,25,26)(H,27,28). The van der Waals surface area contributed by atoms with Gasteiger partial charge in [0, 0.05) is 4.88 Å². The number of carboxylic acid groups (broad SMARTS) is 1. The molecule has 0 spiro atoms. The number of hydrogen-bond acceptors (Lipinski definition) is 5. The normalized spacial score (nSPS) is 22.4. The van der Waals surface area contributed by atoms with Crippen molar-refractivity contribution in [2.75, 3.05) is 12.4 Å². The number of allylic oxidation sites excluding steroid dienone is 2. The molecule has 1 aromatic heterocycles. The average molecular weight is 440 g/mol. The molecule has 0 aliphatic heterocycles. The minimum atomic E-state index is -0.978. The van der Waals surface area contributed by atoms with Crippen LogP contribution in [0.3, 0.4) is 0 Å². The van der Waals surface area contributed by atoms with E-state index in [2.05, 4.69) is 17.4 Å². The van der Waals surface area contributed by atoms with Gasteiger partial charge in [0.05, 0.1) is 24.5 Å². The first kappa shape index (κ1) is 21.3. The predicted molar refractivity (Wildman–Crippen MR) is 118 cm³/mol. The van der Waals surface area contributed by atoms with Crippen LogP contribution in [0.1, 0.15) is 51.5 Å². The van der Waals surface area contributed by atoms with E-state index in [1.165, 1.54) is 24.0 Å². The van der Waals surface area contributed by atoms with Crippen molar-refractivity contribution in [3.63, 3.8) is 0 Å². The van der Waals surface area contributed by atoms with Gasteiger partial charge in [0.1, 0.15) is 5.00 Å². The Balaban J connectivity index is 1.62. The minimum absolute atomic E-state index is 0.330. The van der Waals surface area contributed by atoms with Crippen LogP contribution in [0.5, 0.6) is 0 Å². The largest absolute Gasteiger partial charge is 0.481 e. The van der Waals surface area contributed by atoms with E-state index in [0.29, 0.717) is 29.3 Å². The van der Waals surface area contributed by atoms with Gasteiger partial charge >= 0.3 is 11.9 Å². The number of nitrogens with one attached hydrogen (secondary N) is 1. The lowest BCUT2D eigenvalue weighted by molar-refractivity contribution is -0.146. The molecule has 7 heteroatoms. The molecule has 1 aromatic carbocycles. The highest BCUT2D eigenvalue weighted by Crippen LogP contribution is 2.43. The first-order valence-electron chi connectivity index (χ1n) is 10.5. The number of esters is 1. The van der Waals surface area contributed by atoms with Crippen molar-refractivity contribution < 1.29 is 24.2 Å². The number of carboxylic acids is 1. The van der Waals surface area contributed by atoms with Crippen LogP contribution in [-0.4, -0.2) is 30.1 Å². The molecule has 4 rings (SSSR count). The average Bonchev–Trinajstić information content (AvgIpc) is 3.16. The fourth-order valence-electron chi connectivity index (χ4n) is 4.58. The second-order valence-corrected chi connectivity index (χ2v) is 9.14. The van der Waals surface area contributed by atoms with E-state index >= 15 is 0 Å². The molecule has 0 saturated carbocycles. The number of hydrogen-bond donors (Lipinski definition) is 2. The topological polar surface area (TPSA) is 92.7 Å². The summed E-state index contributed by atoms with van der Waals surface area (Å²) < 4.78 is 5.01. The van der Waals surface area contributed by atoms with Crippen molar-refractivity contribution in [1.29, 1.82) is 0 Å². The second-order valence-electron chi connectivity index (χ2n) is 8.03. The number of anilines is 1. The summed E-state index contributed by atoms with van der Waals surface area (Å²) >= 11 is 1.41. The second kappa shape index (κ2) is 9.06. The summed E-state index contributed by atoms with van der Waals surface area (Å²) in [6.07, 6.45) is 6.79. The summed E-state index contributed by atoms with van der Waals surface area (Å²) in [5, 5.41) is 12.8. The molecule has 2 aromatic rings. The van der Waals surface area contributed by atoms with E-state index in [0.717, 1.165) is 29.7 Å². The zero-order valence-corrected chi connectivity index (χ0v) is 18.1. The molecule has 0 radical (unpaired) electrons.